The molecule has 104 valence electrons. The van der Waals surface area contributed by atoms with Crippen LogP contribution in [-0.4, -0.2) is 47.8 Å². The number of likely N-dealkylation sites (tertiary alicyclic amines) is 1. The van der Waals surface area contributed by atoms with Crippen LogP contribution in [0.2, 0.25) is 0 Å². The minimum absolute atomic E-state index is 0.290. The summed E-state index contributed by atoms with van der Waals surface area (Å²) < 4.78 is 5.84. The van der Waals surface area contributed by atoms with Crippen LogP contribution in [0.5, 0.6) is 5.75 Å². The van der Waals surface area contributed by atoms with Gasteiger partial charge in [-0.25, -0.2) is 0 Å². The molecule has 1 saturated heterocycles. The maximum Gasteiger partial charge on any atom is 0.137 e. The van der Waals surface area contributed by atoms with E-state index in [1.54, 1.807) is 6.20 Å². The fourth-order valence-electron chi connectivity index (χ4n) is 2.83. The molecule has 1 aliphatic heterocycles. The van der Waals surface area contributed by atoms with Crippen molar-refractivity contribution in [3.05, 3.63) is 24.0 Å². The average Bonchev–Trinajstić information content (AvgIpc) is 3.17. The number of ether oxygens (including phenoxy) is 1. The van der Waals surface area contributed by atoms with Crippen molar-refractivity contribution >= 4 is 0 Å². The first-order valence-corrected chi connectivity index (χ1v) is 7.17. The molecule has 1 N–H and O–H groups in total. The molecule has 4 nitrogen and oxygen atoms in total. The van der Waals surface area contributed by atoms with E-state index < -0.39 is 0 Å². The first kappa shape index (κ1) is 12.9. The Morgan fingerprint density at radius 1 is 1.47 bits per heavy atom. The zero-order chi connectivity index (χ0) is 13.2. The van der Waals surface area contributed by atoms with Gasteiger partial charge in [0.2, 0.25) is 0 Å². The number of hydrogen-bond donors (Lipinski definition) is 1. The van der Waals surface area contributed by atoms with Crippen molar-refractivity contribution in [3.63, 3.8) is 0 Å². The number of aliphatic hydroxyl groups is 1. The normalized spacial score (nSPS) is 29.9. The SMILES string of the molecule is CN1CC[C@H]1COc1cncc([C@H]2C[C@@H]2CCO)c1. The molecule has 0 spiro atoms. The van der Waals surface area contributed by atoms with E-state index in [9.17, 15) is 0 Å². The third-order valence-electron chi connectivity index (χ3n) is 4.47. The zero-order valence-corrected chi connectivity index (χ0v) is 11.5. The van der Waals surface area contributed by atoms with Gasteiger partial charge < -0.3 is 9.84 Å². The van der Waals surface area contributed by atoms with Gasteiger partial charge in [0, 0.05) is 18.8 Å². The highest BCUT2D eigenvalue weighted by molar-refractivity contribution is 5.30. The lowest BCUT2D eigenvalue weighted by molar-refractivity contribution is 0.0767. The molecule has 19 heavy (non-hydrogen) atoms. The first-order valence-electron chi connectivity index (χ1n) is 7.17. The molecular weight excluding hydrogens is 240 g/mol. The number of nitrogens with zero attached hydrogens (tertiary/aromatic N) is 2. The van der Waals surface area contributed by atoms with Gasteiger partial charge in [-0.15, -0.1) is 0 Å². The summed E-state index contributed by atoms with van der Waals surface area (Å²) in [7, 11) is 2.13. The second kappa shape index (κ2) is 5.47. The van der Waals surface area contributed by atoms with E-state index in [0.29, 0.717) is 24.5 Å². The molecule has 1 aromatic heterocycles. The van der Waals surface area contributed by atoms with Crippen molar-refractivity contribution in [2.24, 2.45) is 5.92 Å². The van der Waals surface area contributed by atoms with Gasteiger partial charge in [-0.3, -0.25) is 9.88 Å². The minimum Gasteiger partial charge on any atom is -0.490 e. The monoisotopic (exact) mass is 262 g/mol. The molecule has 1 saturated carbocycles. The van der Waals surface area contributed by atoms with Crippen LogP contribution < -0.4 is 4.74 Å². The summed E-state index contributed by atoms with van der Waals surface area (Å²) in [6.07, 6.45) is 7.04. The molecule has 2 fully saturated rings. The van der Waals surface area contributed by atoms with Gasteiger partial charge in [-0.1, -0.05) is 0 Å². The first-order chi connectivity index (χ1) is 9.28. The number of hydrogen-bond acceptors (Lipinski definition) is 4. The van der Waals surface area contributed by atoms with Crippen LogP contribution in [0.25, 0.3) is 0 Å². The second-order valence-electron chi connectivity index (χ2n) is 5.80. The Hall–Kier alpha value is -1.13. The lowest BCUT2D eigenvalue weighted by atomic mass is 10.1. The van der Waals surface area contributed by atoms with Crippen LogP contribution >= 0.6 is 0 Å². The Morgan fingerprint density at radius 3 is 3.05 bits per heavy atom. The van der Waals surface area contributed by atoms with Gasteiger partial charge in [-0.2, -0.15) is 0 Å². The topological polar surface area (TPSA) is 45.6 Å². The highest BCUT2D eigenvalue weighted by atomic mass is 16.5. The van der Waals surface area contributed by atoms with Crippen LogP contribution in [-0.2, 0) is 0 Å². The third-order valence-corrected chi connectivity index (χ3v) is 4.47. The van der Waals surface area contributed by atoms with E-state index >= 15 is 0 Å². The molecule has 1 aromatic rings. The summed E-state index contributed by atoms with van der Waals surface area (Å²) in [5, 5.41) is 8.95. The van der Waals surface area contributed by atoms with E-state index in [-0.39, 0.29) is 0 Å². The predicted octanol–water partition coefficient (Wildman–Crippen LogP) is 1.65. The summed E-state index contributed by atoms with van der Waals surface area (Å²) in [5.41, 5.74) is 1.26. The minimum atomic E-state index is 0.290. The van der Waals surface area contributed by atoms with Crippen molar-refractivity contribution in [2.75, 3.05) is 26.8 Å². The van der Waals surface area contributed by atoms with Gasteiger partial charge in [0.25, 0.3) is 0 Å². The average molecular weight is 262 g/mol. The van der Waals surface area contributed by atoms with Gasteiger partial charge >= 0.3 is 0 Å². The summed E-state index contributed by atoms with van der Waals surface area (Å²) >= 11 is 0. The van der Waals surface area contributed by atoms with E-state index in [1.165, 1.54) is 24.9 Å². The molecule has 2 heterocycles. The van der Waals surface area contributed by atoms with Crippen LogP contribution in [0.1, 0.15) is 30.7 Å². The molecule has 0 amide bonds. The quantitative estimate of drug-likeness (QED) is 0.846. The molecule has 0 aromatic carbocycles. The van der Waals surface area contributed by atoms with Crippen molar-refractivity contribution in [2.45, 2.75) is 31.2 Å². The third kappa shape index (κ3) is 2.90. The number of pyridine rings is 1. The molecular formula is C15H22N2O2. The van der Waals surface area contributed by atoms with Crippen molar-refractivity contribution in [1.82, 2.24) is 9.88 Å². The maximum absolute atomic E-state index is 8.95. The van der Waals surface area contributed by atoms with Crippen LogP contribution in [0, 0.1) is 5.92 Å². The number of aliphatic hydroxyl groups excluding tert-OH is 1. The number of aromatic nitrogens is 1. The maximum atomic E-state index is 8.95. The molecule has 2 aliphatic rings. The zero-order valence-electron chi connectivity index (χ0n) is 11.5. The Kier molecular flexibility index (Phi) is 3.71. The molecule has 3 atom stereocenters. The van der Waals surface area contributed by atoms with Gasteiger partial charge in [0.15, 0.2) is 0 Å². The van der Waals surface area contributed by atoms with Crippen molar-refractivity contribution in [1.29, 1.82) is 0 Å². The number of rotatable bonds is 6. The molecule has 0 unspecified atom stereocenters. The Labute approximate surface area is 114 Å². The van der Waals surface area contributed by atoms with Crippen LogP contribution in [0.15, 0.2) is 18.5 Å². The molecule has 0 bridgehead atoms. The fraction of sp³-hybridized carbons (Fsp3) is 0.667. The molecule has 0 radical (unpaired) electrons. The largest absolute Gasteiger partial charge is 0.490 e. The molecule has 4 heteroatoms. The van der Waals surface area contributed by atoms with E-state index in [4.69, 9.17) is 9.84 Å². The van der Waals surface area contributed by atoms with E-state index in [0.717, 1.165) is 18.8 Å². The predicted molar refractivity (Wildman–Crippen MR) is 73.3 cm³/mol. The summed E-state index contributed by atoms with van der Waals surface area (Å²) in [6.45, 7) is 2.22. The summed E-state index contributed by atoms with van der Waals surface area (Å²) in [5.74, 6) is 2.10. The second-order valence-corrected chi connectivity index (χ2v) is 5.80. The summed E-state index contributed by atoms with van der Waals surface area (Å²) in [4.78, 5) is 6.60. The Morgan fingerprint density at radius 2 is 2.37 bits per heavy atom. The Balaban J connectivity index is 1.55. The standard InChI is InChI=1S/C15H22N2O2/c1-17-4-2-13(17)10-19-14-6-12(8-16-9-14)15-7-11(15)3-5-18/h6,8-9,11,13,15,18H,2-5,7,10H2,1H3/t11-,13-,15-/m0/s1. The Bertz CT molecular complexity index is 438. The smallest absolute Gasteiger partial charge is 0.137 e. The van der Waals surface area contributed by atoms with Gasteiger partial charge in [-0.05, 0) is 56.3 Å². The molecule has 1 aliphatic carbocycles. The highest BCUT2D eigenvalue weighted by Gasteiger charge is 2.37. The van der Waals surface area contributed by atoms with Crippen molar-refractivity contribution in [3.8, 4) is 5.75 Å². The van der Waals surface area contributed by atoms with Gasteiger partial charge in [0.05, 0.1) is 6.20 Å². The molecule has 3 rings (SSSR count). The highest BCUT2D eigenvalue weighted by Crippen LogP contribution is 2.49. The van der Waals surface area contributed by atoms with Crippen LogP contribution in [0.3, 0.4) is 0 Å². The van der Waals surface area contributed by atoms with E-state index in [1.807, 2.05) is 6.20 Å². The lowest BCUT2D eigenvalue weighted by Crippen LogP contribution is -2.48. The van der Waals surface area contributed by atoms with Gasteiger partial charge in [0.1, 0.15) is 12.4 Å². The number of likely N-dealkylation sites (N-methyl/N-ethyl adjacent to an activating group) is 1. The lowest BCUT2D eigenvalue weighted by Gasteiger charge is -2.37. The fourth-order valence-corrected chi connectivity index (χ4v) is 2.83. The summed E-state index contributed by atoms with van der Waals surface area (Å²) in [6, 6.07) is 2.68. The van der Waals surface area contributed by atoms with E-state index in [2.05, 4.69) is 23.0 Å². The van der Waals surface area contributed by atoms with Crippen molar-refractivity contribution < 1.29 is 9.84 Å². The van der Waals surface area contributed by atoms with Crippen LogP contribution in [0.4, 0.5) is 0 Å².